The van der Waals surface area contributed by atoms with Crippen molar-refractivity contribution in [3.8, 4) is 0 Å². The first-order valence-corrected chi connectivity index (χ1v) is 11.0. The highest BCUT2D eigenvalue weighted by atomic mass is 32.2. The third-order valence-corrected chi connectivity index (χ3v) is 6.68. The molecule has 0 saturated carbocycles. The van der Waals surface area contributed by atoms with Crippen LogP contribution in [0.5, 0.6) is 0 Å². The number of carbonyl (C=O) groups is 1. The van der Waals surface area contributed by atoms with E-state index in [1.54, 1.807) is 12.1 Å². The van der Waals surface area contributed by atoms with Crippen LogP contribution in [-0.2, 0) is 39.5 Å². The van der Waals surface area contributed by atoms with Gasteiger partial charge in [-0.2, -0.15) is 0 Å². The first-order valence-electron chi connectivity index (χ1n) is 9.47. The van der Waals surface area contributed by atoms with Gasteiger partial charge in [0.15, 0.2) is 0 Å². The number of rotatable bonds is 6. The second-order valence-electron chi connectivity index (χ2n) is 8.57. The van der Waals surface area contributed by atoms with Crippen LogP contribution in [0, 0.1) is 5.92 Å². The number of benzene rings is 2. The van der Waals surface area contributed by atoms with Gasteiger partial charge in [-0.3, -0.25) is 4.79 Å². The largest absolute Gasteiger partial charge is 0.481 e. The van der Waals surface area contributed by atoms with Crippen LogP contribution in [0.4, 0.5) is 0 Å². The number of fused-ring (bicyclic) bond motifs is 1. The van der Waals surface area contributed by atoms with Crippen LogP contribution in [0.15, 0.2) is 47.4 Å². The molecule has 0 fully saturated rings. The van der Waals surface area contributed by atoms with Gasteiger partial charge in [-0.05, 0) is 58.6 Å². The molecule has 1 unspecified atom stereocenters. The minimum Gasteiger partial charge on any atom is -0.481 e. The average molecular weight is 402 g/mol. The number of carboxylic acid groups (broad SMARTS) is 1. The van der Waals surface area contributed by atoms with Gasteiger partial charge in [-0.15, -0.1) is 0 Å². The summed E-state index contributed by atoms with van der Waals surface area (Å²) in [7, 11) is -3.55. The fourth-order valence-electron chi connectivity index (χ4n) is 3.64. The molecule has 0 saturated heterocycles. The summed E-state index contributed by atoms with van der Waals surface area (Å²) in [6.45, 7) is 6.64. The van der Waals surface area contributed by atoms with Crippen LogP contribution in [0.3, 0.4) is 0 Å². The van der Waals surface area contributed by atoms with E-state index in [1.807, 2.05) is 30.3 Å². The summed E-state index contributed by atoms with van der Waals surface area (Å²) in [5.74, 6) is -0.668. The fraction of sp³-hybridized carbons (Fsp3) is 0.409. The summed E-state index contributed by atoms with van der Waals surface area (Å²) < 4.78 is 28.0. The molecule has 5 nitrogen and oxygen atoms in total. The van der Waals surface area contributed by atoms with E-state index < -0.39 is 16.0 Å². The predicted octanol–water partition coefficient (Wildman–Crippen LogP) is 3.30. The molecule has 0 aliphatic heterocycles. The normalized spacial score (nSPS) is 16.8. The molecule has 150 valence electrons. The van der Waals surface area contributed by atoms with E-state index in [-0.39, 0.29) is 22.6 Å². The van der Waals surface area contributed by atoms with Crippen molar-refractivity contribution in [1.29, 1.82) is 0 Å². The lowest BCUT2D eigenvalue weighted by Gasteiger charge is -2.19. The van der Waals surface area contributed by atoms with Gasteiger partial charge in [0.1, 0.15) is 0 Å². The lowest BCUT2D eigenvalue weighted by atomic mass is 9.87. The molecule has 2 aromatic carbocycles. The smallest absolute Gasteiger partial charge is 0.307 e. The number of sulfonamides is 1. The van der Waals surface area contributed by atoms with Gasteiger partial charge in [0.2, 0.25) is 10.0 Å². The third-order valence-electron chi connectivity index (χ3n) is 5.24. The number of carboxylic acids is 1. The van der Waals surface area contributed by atoms with E-state index in [4.69, 9.17) is 5.11 Å². The SMILES string of the molecule is CC(C)(C)c1ccc(S(=O)(=O)NCC2Cc3ccc(CC(=O)O)cc3C2)cc1. The van der Waals surface area contributed by atoms with Crippen LogP contribution in [-0.4, -0.2) is 26.0 Å². The number of hydrogen-bond acceptors (Lipinski definition) is 3. The van der Waals surface area contributed by atoms with Crippen LogP contribution >= 0.6 is 0 Å². The summed E-state index contributed by atoms with van der Waals surface area (Å²) in [6.07, 6.45) is 1.57. The van der Waals surface area contributed by atoms with Crippen molar-refractivity contribution in [2.75, 3.05) is 6.54 Å². The Bertz CT molecular complexity index is 973. The maximum absolute atomic E-state index is 12.6. The zero-order valence-corrected chi connectivity index (χ0v) is 17.3. The topological polar surface area (TPSA) is 83.5 Å². The van der Waals surface area contributed by atoms with Crippen molar-refractivity contribution in [3.05, 3.63) is 64.7 Å². The van der Waals surface area contributed by atoms with E-state index >= 15 is 0 Å². The van der Waals surface area contributed by atoms with E-state index in [9.17, 15) is 13.2 Å². The molecule has 3 rings (SSSR count). The van der Waals surface area contributed by atoms with Crippen LogP contribution in [0.25, 0.3) is 0 Å². The Balaban J connectivity index is 1.63. The Kier molecular flexibility index (Phi) is 5.64. The first kappa shape index (κ1) is 20.6. The second-order valence-corrected chi connectivity index (χ2v) is 10.3. The van der Waals surface area contributed by atoms with Crippen LogP contribution in [0.2, 0.25) is 0 Å². The molecule has 1 aliphatic carbocycles. The highest BCUT2D eigenvalue weighted by Crippen LogP contribution is 2.28. The minimum atomic E-state index is -3.55. The molecule has 2 aromatic rings. The molecule has 1 aliphatic rings. The highest BCUT2D eigenvalue weighted by molar-refractivity contribution is 7.89. The van der Waals surface area contributed by atoms with Gasteiger partial charge >= 0.3 is 5.97 Å². The van der Waals surface area contributed by atoms with Crippen molar-refractivity contribution in [2.45, 2.75) is 50.3 Å². The predicted molar refractivity (Wildman–Crippen MR) is 109 cm³/mol. The maximum Gasteiger partial charge on any atom is 0.307 e. The third kappa shape index (κ3) is 4.80. The molecule has 6 heteroatoms. The Hall–Kier alpha value is -2.18. The van der Waals surface area contributed by atoms with Crippen LogP contribution in [0.1, 0.15) is 43.0 Å². The molecule has 1 atom stereocenters. The van der Waals surface area contributed by atoms with Crippen molar-refractivity contribution in [1.82, 2.24) is 4.72 Å². The zero-order valence-electron chi connectivity index (χ0n) is 16.5. The Morgan fingerprint density at radius 1 is 1.07 bits per heavy atom. The summed E-state index contributed by atoms with van der Waals surface area (Å²) in [4.78, 5) is 11.2. The van der Waals surface area contributed by atoms with E-state index in [2.05, 4.69) is 25.5 Å². The van der Waals surface area contributed by atoms with Gasteiger partial charge in [-0.1, -0.05) is 51.1 Å². The maximum atomic E-state index is 12.6. The lowest BCUT2D eigenvalue weighted by molar-refractivity contribution is -0.136. The molecule has 0 spiro atoms. The Morgan fingerprint density at radius 2 is 1.71 bits per heavy atom. The summed E-state index contributed by atoms with van der Waals surface area (Å²) in [5.41, 5.74) is 4.15. The quantitative estimate of drug-likeness (QED) is 0.778. The summed E-state index contributed by atoms with van der Waals surface area (Å²) >= 11 is 0. The monoisotopic (exact) mass is 401 g/mol. The molecule has 0 radical (unpaired) electrons. The van der Waals surface area contributed by atoms with E-state index in [1.165, 1.54) is 5.56 Å². The van der Waals surface area contributed by atoms with E-state index in [0.717, 1.165) is 29.5 Å². The van der Waals surface area contributed by atoms with Gasteiger partial charge in [-0.25, -0.2) is 13.1 Å². The number of nitrogens with one attached hydrogen (secondary N) is 1. The average Bonchev–Trinajstić information content (AvgIpc) is 3.01. The molecule has 2 N–H and O–H groups in total. The second kappa shape index (κ2) is 7.68. The molecular weight excluding hydrogens is 374 g/mol. The van der Waals surface area contributed by atoms with E-state index in [0.29, 0.717) is 6.54 Å². The van der Waals surface area contributed by atoms with Gasteiger partial charge in [0.25, 0.3) is 0 Å². The molecule has 28 heavy (non-hydrogen) atoms. The lowest BCUT2D eigenvalue weighted by Crippen LogP contribution is -2.29. The van der Waals surface area contributed by atoms with Gasteiger partial charge in [0, 0.05) is 6.54 Å². The summed E-state index contributed by atoms with van der Waals surface area (Å²) in [5, 5.41) is 8.93. The Morgan fingerprint density at radius 3 is 2.32 bits per heavy atom. The van der Waals surface area contributed by atoms with Crippen molar-refractivity contribution in [3.63, 3.8) is 0 Å². The summed E-state index contributed by atoms with van der Waals surface area (Å²) in [6, 6.07) is 12.8. The standard InChI is InChI=1S/C22H27NO4S/c1-22(2,3)19-6-8-20(9-7-19)28(26,27)23-14-16-11-17-5-4-15(13-21(24)25)10-18(17)12-16/h4-10,16,23H,11-14H2,1-3H3,(H,24,25). The van der Waals surface area contributed by atoms with Crippen molar-refractivity contribution < 1.29 is 18.3 Å². The first-order chi connectivity index (χ1) is 13.0. The Labute approximate surface area is 166 Å². The van der Waals surface area contributed by atoms with Crippen molar-refractivity contribution >= 4 is 16.0 Å². The van der Waals surface area contributed by atoms with Gasteiger partial charge < -0.3 is 5.11 Å². The van der Waals surface area contributed by atoms with Crippen molar-refractivity contribution in [2.24, 2.45) is 5.92 Å². The number of hydrogen-bond donors (Lipinski definition) is 2. The highest BCUT2D eigenvalue weighted by Gasteiger charge is 2.24. The molecule has 0 amide bonds. The number of aliphatic carboxylic acids is 1. The molecular formula is C22H27NO4S. The van der Waals surface area contributed by atoms with Gasteiger partial charge in [0.05, 0.1) is 11.3 Å². The minimum absolute atomic E-state index is 0.00906. The molecule has 0 bridgehead atoms. The molecule has 0 aromatic heterocycles. The fourth-order valence-corrected chi connectivity index (χ4v) is 4.75. The van der Waals surface area contributed by atoms with Crippen LogP contribution < -0.4 is 4.72 Å². The molecule has 0 heterocycles. The zero-order chi connectivity index (χ0) is 20.5.